The summed E-state index contributed by atoms with van der Waals surface area (Å²) in [6.07, 6.45) is 0.634. The third-order valence-electron chi connectivity index (χ3n) is 3.20. The first-order valence-electron chi connectivity index (χ1n) is 7.10. The predicted octanol–water partition coefficient (Wildman–Crippen LogP) is 1.09. The number of hydrogen-bond acceptors (Lipinski definition) is 4. The zero-order valence-electron chi connectivity index (χ0n) is 13.0. The number of carbonyl (C=O) groups excluding carboxylic acids is 1. The van der Waals surface area contributed by atoms with Crippen LogP contribution < -0.4 is 15.8 Å². The van der Waals surface area contributed by atoms with Crippen molar-refractivity contribution in [1.29, 1.82) is 0 Å². The molecule has 130 valence electrons. The minimum atomic E-state index is -3.67. The molecule has 0 bridgehead atoms. The van der Waals surface area contributed by atoms with Crippen LogP contribution in [0.5, 0.6) is 0 Å². The molecule has 1 atom stereocenters. The molecule has 6 nitrogen and oxygen atoms in total. The van der Waals surface area contributed by atoms with Crippen molar-refractivity contribution < 1.29 is 22.0 Å². The maximum atomic E-state index is 13.0. The Balaban J connectivity index is 2.78. The molecule has 0 aliphatic carbocycles. The molecular weight excluding hydrogens is 328 g/mol. The molecule has 1 unspecified atom stereocenters. The molecule has 1 amide bonds. The quantitative estimate of drug-likeness (QED) is 0.654. The smallest absolute Gasteiger partial charge is 0.277 e. The van der Waals surface area contributed by atoms with Crippen LogP contribution in [-0.4, -0.2) is 39.4 Å². The normalized spacial score (nSPS) is 13.6. The highest BCUT2D eigenvalue weighted by Crippen LogP contribution is 2.13. The van der Waals surface area contributed by atoms with E-state index in [-0.39, 0.29) is 16.5 Å². The van der Waals surface area contributed by atoms with E-state index in [1.807, 2.05) is 6.92 Å². The van der Waals surface area contributed by atoms with Crippen molar-refractivity contribution in [2.24, 2.45) is 5.73 Å². The largest absolute Gasteiger partial charge is 0.346 e. The molecule has 1 rings (SSSR count). The number of halogens is 2. The summed E-state index contributed by atoms with van der Waals surface area (Å²) in [4.78, 5) is 11.7. The first-order valence-corrected chi connectivity index (χ1v) is 8.58. The van der Waals surface area contributed by atoms with Gasteiger partial charge in [-0.2, -0.15) is 0 Å². The van der Waals surface area contributed by atoms with Gasteiger partial charge in [-0.1, -0.05) is 6.92 Å². The summed E-state index contributed by atoms with van der Waals surface area (Å²) in [5.74, 6) is -3.91. The molecule has 0 saturated carbocycles. The van der Waals surface area contributed by atoms with E-state index in [9.17, 15) is 22.0 Å². The third kappa shape index (κ3) is 5.85. The highest BCUT2D eigenvalue weighted by atomic mass is 32.2. The molecule has 4 N–H and O–H groups in total. The molecule has 9 heteroatoms. The van der Waals surface area contributed by atoms with Gasteiger partial charge in [0, 0.05) is 11.6 Å². The van der Waals surface area contributed by atoms with Gasteiger partial charge in [0.05, 0.1) is 18.0 Å². The Labute approximate surface area is 134 Å². The third-order valence-corrected chi connectivity index (χ3v) is 4.81. The number of benzene rings is 1. The maximum absolute atomic E-state index is 13.0. The lowest BCUT2D eigenvalue weighted by Crippen LogP contribution is -2.41. The zero-order chi connectivity index (χ0) is 17.7. The van der Waals surface area contributed by atoms with Gasteiger partial charge in [0.25, 0.3) is 11.8 Å². The minimum Gasteiger partial charge on any atom is -0.346 e. The Kier molecular flexibility index (Phi) is 6.60. The van der Waals surface area contributed by atoms with Crippen LogP contribution in [0.3, 0.4) is 0 Å². The van der Waals surface area contributed by atoms with Gasteiger partial charge in [-0.15, -0.1) is 0 Å². The van der Waals surface area contributed by atoms with Crippen LogP contribution >= 0.6 is 0 Å². The summed E-state index contributed by atoms with van der Waals surface area (Å²) in [6, 6.07) is 4.81. The lowest BCUT2D eigenvalue weighted by atomic mass is 10.2. The van der Waals surface area contributed by atoms with E-state index in [0.29, 0.717) is 6.42 Å². The second kappa shape index (κ2) is 7.80. The summed E-state index contributed by atoms with van der Waals surface area (Å²) in [7, 11) is -3.67. The standard InChI is InChI=1S/C14H21F2N3O3S/c1-3-10(2)19-23(21,22)12-6-4-11(5-7-12)13(20)18-9-14(15,16)8-17/h4-7,10,19H,3,8-9,17H2,1-2H3,(H,18,20). The van der Waals surface area contributed by atoms with Gasteiger partial charge in [0.2, 0.25) is 10.0 Å². The summed E-state index contributed by atoms with van der Waals surface area (Å²) in [5.41, 5.74) is 4.96. The van der Waals surface area contributed by atoms with E-state index >= 15 is 0 Å². The fraction of sp³-hybridized carbons (Fsp3) is 0.500. The van der Waals surface area contributed by atoms with Gasteiger partial charge in [-0.25, -0.2) is 21.9 Å². The van der Waals surface area contributed by atoms with Gasteiger partial charge >= 0.3 is 0 Å². The molecule has 23 heavy (non-hydrogen) atoms. The van der Waals surface area contributed by atoms with E-state index in [2.05, 4.69) is 10.0 Å². The molecule has 0 fully saturated rings. The topological polar surface area (TPSA) is 101 Å². The van der Waals surface area contributed by atoms with Crippen molar-refractivity contribution in [2.75, 3.05) is 13.1 Å². The second-order valence-corrected chi connectivity index (χ2v) is 6.91. The Morgan fingerprint density at radius 3 is 2.35 bits per heavy atom. The van der Waals surface area contributed by atoms with Gasteiger partial charge in [0.1, 0.15) is 0 Å². The van der Waals surface area contributed by atoms with Gasteiger partial charge in [0.15, 0.2) is 0 Å². The van der Waals surface area contributed by atoms with E-state index in [1.165, 1.54) is 24.3 Å². The second-order valence-electron chi connectivity index (χ2n) is 5.20. The Morgan fingerprint density at radius 1 is 1.30 bits per heavy atom. The van der Waals surface area contributed by atoms with Gasteiger partial charge < -0.3 is 11.1 Å². The summed E-state index contributed by atoms with van der Waals surface area (Å²) >= 11 is 0. The number of sulfonamides is 1. The maximum Gasteiger partial charge on any atom is 0.277 e. The van der Waals surface area contributed by atoms with E-state index in [4.69, 9.17) is 5.73 Å². The molecule has 0 radical (unpaired) electrons. The first-order chi connectivity index (χ1) is 10.6. The van der Waals surface area contributed by atoms with Crippen molar-refractivity contribution in [3.63, 3.8) is 0 Å². The molecular formula is C14H21F2N3O3S. The fourth-order valence-corrected chi connectivity index (χ4v) is 2.91. The van der Waals surface area contributed by atoms with Gasteiger partial charge in [-0.3, -0.25) is 4.79 Å². The zero-order valence-corrected chi connectivity index (χ0v) is 13.8. The molecule has 0 heterocycles. The highest BCUT2D eigenvalue weighted by molar-refractivity contribution is 7.89. The van der Waals surface area contributed by atoms with Crippen LogP contribution in [0.1, 0.15) is 30.6 Å². The lowest BCUT2D eigenvalue weighted by molar-refractivity contribution is 0.0118. The Morgan fingerprint density at radius 2 is 1.87 bits per heavy atom. The van der Waals surface area contributed by atoms with Crippen molar-refractivity contribution in [3.8, 4) is 0 Å². The van der Waals surface area contributed by atoms with E-state index in [1.54, 1.807) is 6.92 Å². The van der Waals surface area contributed by atoms with Crippen LogP contribution in [0.15, 0.2) is 29.2 Å². The molecule has 0 aromatic heterocycles. The number of amides is 1. The number of alkyl halides is 2. The number of nitrogens with two attached hydrogens (primary N) is 1. The van der Waals surface area contributed by atoms with Crippen LogP contribution in [0, 0.1) is 0 Å². The van der Waals surface area contributed by atoms with Crippen LogP contribution in [0.4, 0.5) is 8.78 Å². The fourth-order valence-electron chi connectivity index (χ4n) is 1.59. The molecule has 0 aliphatic rings. The summed E-state index contributed by atoms with van der Waals surface area (Å²) < 4.78 is 52.5. The number of carbonyl (C=O) groups is 1. The molecule has 0 aliphatic heterocycles. The lowest BCUT2D eigenvalue weighted by Gasteiger charge is -2.15. The SMILES string of the molecule is CCC(C)NS(=O)(=O)c1ccc(C(=O)NCC(F)(F)CN)cc1. The van der Waals surface area contributed by atoms with Crippen LogP contribution in [-0.2, 0) is 10.0 Å². The van der Waals surface area contributed by atoms with Crippen molar-refractivity contribution in [1.82, 2.24) is 10.0 Å². The highest BCUT2D eigenvalue weighted by Gasteiger charge is 2.27. The first kappa shape index (κ1) is 19.5. The summed E-state index contributed by atoms with van der Waals surface area (Å²) in [6.45, 7) is 1.83. The molecule has 1 aromatic rings. The van der Waals surface area contributed by atoms with Crippen LogP contribution in [0.25, 0.3) is 0 Å². The average molecular weight is 349 g/mol. The number of hydrogen-bond donors (Lipinski definition) is 3. The Hall–Kier alpha value is -1.58. The Bertz CT molecular complexity index is 633. The number of nitrogens with one attached hydrogen (secondary N) is 2. The molecule has 1 aromatic carbocycles. The van der Waals surface area contributed by atoms with E-state index < -0.39 is 34.9 Å². The molecule has 0 spiro atoms. The van der Waals surface area contributed by atoms with Crippen molar-refractivity contribution in [2.45, 2.75) is 37.1 Å². The summed E-state index contributed by atoms with van der Waals surface area (Å²) in [5, 5.41) is 2.06. The van der Waals surface area contributed by atoms with Crippen molar-refractivity contribution in [3.05, 3.63) is 29.8 Å². The monoisotopic (exact) mass is 349 g/mol. The van der Waals surface area contributed by atoms with Crippen LogP contribution in [0.2, 0.25) is 0 Å². The number of rotatable bonds is 8. The van der Waals surface area contributed by atoms with E-state index in [0.717, 1.165) is 0 Å². The average Bonchev–Trinajstić information content (AvgIpc) is 2.52. The van der Waals surface area contributed by atoms with Crippen molar-refractivity contribution >= 4 is 15.9 Å². The molecule has 0 saturated heterocycles. The predicted molar refractivity (Wildman–Crippen MR) is 82.9 cm³/mol. The minimum absolute atomic E-state index is 0.00152. The van der Waals surface area contributed by atoms with Gasteiger partial charge in [-0.05, 0) is 37.6 Å².